The highest BCUT2D eigenvalue weighted by atomic mass is 32.2. The molecule has 3 aromatic rings. The summed E-state index contributed by atoms with van der Waals surface area (Å²) >= 11 is 5.40. The highest BCUT2D eigenvalue weighted by Gasteiger charge is 2.31. The van der Waals surface area contributed by atoms with Gasteiger partial charge in [-0.25, -0.2) is 13.2 Å². The summed E-state index contributed by atoms with van der Waals surface area (Å²) in [6, 6.07) is 8.73. The van der Waals surface area contributed by atoms with E-state index < -0.39 is 50.6 Å². The molecular formula is C29H34N6O10S3. The number of nitrogens with one attached hydrogen (secondary N) is 2. The maximum atomic E-state index is 13.0. The number of benzene rings is 2. The Morgan fingerprint density at radius 2 is 1.73 bits per heavy atom. The number of aromatic nitrogens is 2. The number of aromatic hydroxyl groups is 1. The van der Waals surface area contributed by atoms with Crippen LogP contribution in [0.1, 0.15) is 36.8 Å². The summed E-state index contributed by atoms with van der Waals surface area (Å²) in [4.78, 5) is 26.6. The molecule has 48 heavy (non-hydrogen) atoms. The number of sulfonamides is 1. The average Bonchev–Trinajstić information content (AvgIpc) is 3.48. The number of carboxylic acid groups (broad SMARTS) is 1. The number of hydrogen-bond donors (Lipinski definition) is 5. The van der Waals surface area contributed by atoms with Gasteiger partial charge >= 0.3 is 5.97 Å². The van der Waals surface area contributed by atoms with E-state index in [9.17, 15) is 41.2 Å². The van der Waals surface area contributed by atoms with Gasteiger partial charge in [-0.2, -0.15) is 13.1 Å². The maximum Gasteiger partial charge on any atom is 0.326 e. The zero-order valence-corrected chi connectivity index (χ0v) is 28.7. The quantitative estimate of drug-likeness (QED) is 0.0744. The normalized spacial score (nSPS) is 13.4. The first-order valence-corrected chi connectivity index (χ1v) is 17.9. The number of fused-ring (bicyclic) bond motifs is 1. The molecule has 0 saturated heterocycles. The Morgan fingerprint density at radius 1 is 1.08 bits per heavy atom. The van der Waals surface area contributed by atoms with Crippen molar-refractivity contribution in [3.8, 4) is 11.6 Å². The van der Waals surface area contributed by atoms with Crippen molar-refractivity contribution in [2.24, 2.45) is 0 Å². The molecule has 0 radical (unpaired) electrons. The van der Waals surface area contributed by atoms with Crippen LogP contribution in [-0.2, 0) is 38.0 Å². The Hall–Kier alpha value is -4.65. The molecule has 5 N–H and O–H groups in total. The van der Waals surface area contributed by atoms with Gasteiger partial charge in [0, 0.05) is 37.5 Å². The molecule has 0 saturated carbocycles. The summed E-state index contributed by atoms with van der Waals surface area (Å²) in [7, 11) is -7.12. The molecule has 0 aliphatic carbocycles. The Labute approximate surface area is 282 Å². The van der Waals surface area contributed by atoms with E-state index in [2.05, 4.69) is 15.8 Å². The first kappa shape index (κ1) is 36.2. The van der Waals surface area contributed by atoms with Crippen molar-refractivity contribution in [3.05, 3.63) is 70.1 Å². The summed E-state index contributed by atoms with van der Waals surface area (Å²) < 4.78 is 70.6. The second kappa shape index (κ2) is 14.2. The van der Waals surface area contributed by atoms with Crippen LogP contribution in [-0.4, -0.2) is 78.2 Å². The van der Waals surface area contributed by atoms with Crippen LogP contribution < -0.4 is 24.6 Å². The standard InChI is InChI=1S/C29H34N6O10S3/c1-5-33-22(27(37)34(6-2)29(33)46)12-14-25-35(17-47(40,41)42)23-15-19(7-13-24(23)45-25)26(36)30-16-31-48(43,44)21-10-8-20(9-11-21)32(4)18(3)28(38)39/h7-13,15,18,31,37H,5-6,16-17H2,1-4H3,(H,30,36)(H,38,39)(H,40,41,42). The monoisotopic (exact) mass is 722 g/mol. The molecule has 2 heterocycles. The number of carbonyl (C=O) groups is 2. The van der Waals surface area contributed by atoms with Crippen molar-refractivity contribution in [2.45, 2.75) is 44.8 Å². The van der Waals surface area contributed by atoms with E-state index in [1.54, 1.807) is 18.5 Å². The largest absolute Gasteiger partial charge is 0.493 e. The molecule has 16 nitrogen and oxygen atoms in total. The van der Waals surface area contributed by atoms with Crippen molar-refractivity contribution >= 4 is 61.7 Å². The fourth-order valence-electron chi connectivity index (χ4n) is 4.73. The Balaban J connectivity index is 1.52. The zero-order valence-electron chi connectivity index (χ0n) is 26.2. The van der Waals surface area contributed by atoms with Crippen LogP contribution in [0.3, 0.4) is 0 Å². The molecule has 1 unspecified atom stereocenters. The van der Waals surface area contributed by atoms with Gasteiger partial charge < -0.3 is 29.7 Å². The maximum absolute atomic E-state index is 13.0. The van der Waals surface area contributed by atoms with E-state index in [1.807, 2.05) is 6.92 Å². The molecule has 1 atom stereocenters. The molecule has 258 valence electrons. The smallest absolute Gasteiger partial charge is 0.326 e. The molecule has 2 aromatic carbocycles. The van der Waals surface area contributed by atoms with Gasteiger partial charge in [0.05, 0.1) is 17.3 Å². The van der Waals surface area contributed by atoms with Crippen LogP contribution in [0.2, 0.25) is 0 Å². The first-order chi connectivity index (χ1) is 22.5. The van der Waals surface area contributed by atoms with Crippen molar-refractivity contribution in [1.82, 2.24) is 19.2 Å². The number of carboxylic acids is 1. The number of nitrogens with zero attached hydrogens (tertiary/aromatic N) is 4. The predicted molar refractivity (Wildman–Crippen MR) is 178 cm³/mol. The van der Waals surface area contributed by atoms with E-state index in [4.69, 9.17) is 17.0 Å². The number of carbonyl (C=O) groups excluding carboxylic acids is 1. The summed E-state index contributed by atoms with van der Waals surface area (Å²) in [5, 5.41) is 22.3. The average molecular weight is 723 g/mol. The predicted octanol–water partition coefficient (Wildman–Crippen LogP) is 2.54. The second-order valence-corrected chi connectivity index (χ2v) is 14.0. The minimum atomic E-state index is -4.61. The number of likely N-dealkylation sites (N-methyl/N-ethyl adjacent to an activating group) is 1. The van der Waals surface area contributed by atoms with Gasteiger partial charge in [0.2, 0.25) is 21.8 Å². The number of imidazole rings is 1. The van der Waals surface area contributed by atoms with Crippen LogP contribution in [0.5, 0.6) is 11.6 Å². The molecular weight excluding hydrogens is 689 g/mol. The Bertz CT molecular complexity index is 2080. The van der Waals surface area contributed by atoms with Crippen molar-refractivity contribution in [2.75, 3.05) is 29.4 Å². The number of hydrogen-bond acceptors (Lipinski definition) is 11. The van der Waals surface area contributed by atoms with Crippen LogP contribution in [0.4, 0.5) is 11.4 Å². The lowest BCUT2D eigenvalue weighted by Crippen LogP contribution is -2.37. The second-order valence-electron chi connectivity index (χ2n) is 10.4. The van der Waals surface area contributed by atoms with E-state index in [0.717, 1.165) is 4.90 Å². The molecule has 0 bridgehead atoms. The Kier molecular flexibility index (Phi) is 10.7. The third-order valence-electron chi connectivity index (χ3n) is 7.46. The Morgan fingerprint density at radius 3 is 2.31 bits per heavy atom. The van der Waals surface area contributed by atoms with E-state index in [0.29, 0.717) is 29.2 Å². The van der Waals surface area contributed by atoms with Gasteiger partial charge in [0.25, 0.3) is 16.0 Å². The van der Waals surface area contributed by atoms with Crippen molar-refractivity contribution in [3.63, 3.8) is 0 Å². The minimum absolute atomic E-state index is 0.0132. The highest BCUT2D eigenvalue weighted by molar-refractivity contribution is 7.89. The van der Waals surface area contributed by atoms with E-state index >= 15 is 0 Å². The fraction of sp³-hybridized carbons (Fsp3) is 0.310. The van der Waals surface area contributed by atoms with E-state index in [-0.39, 0.29) is 33.7 Å². The summed E-state index contributed by atoms with van der Waals surface area (Å²) in [5.41, 5.74) is 3.70. The zero-order chi connectivity index (χ0) is 35.6. The molecule has 0 fully saturated rings. The minimum Gasteiger partial charge on any atom is -0.493 e. The van der Waals surface area contributed by atoms with Crippen LogP contribution >= 0.6 is 12.2 Å². The SMILES string of the molecule is CCn1c(O)c(C=C=C2Oc3ccc(C(=O)NCNS(=O)(=O)c4ccc(N(C)C(C)C(=O)O)cc4)cc3N2CS(=O)(=O)O)n(CC)c1=S. The number of ether oxygens (including phenoxy) is 1. The third kappa shape index (κ3) is 7.73. The molecule has 4 rings (SSSR count). The van der Waals surface area contributed by atoms with Gasteiger partial charge in [-0.1, -0.05) is 5.73 Å². The lowest BCUT2D eigenvalue weighted by Gasteiger charge is -2.23. The highest BCUT2D eigenvalue weighted by Crippen LogP contribution is 2.40. The molecule has 1 aliphatic heterocycles. The van der Waals surface area contributed by atoms with E-state index in [1.165, 1.54) is 64.9 Å². The molecule has 19 heteroatoms. The molecule has 1 amide bonds. The van der Waals surface area contributed by atoms with Crippen molar-refractivity contribution < 1.29 is 45.9 Å². The van der Waals surface area contributed by atoms with Gasteiger partial charge in [-0.15, -0.1) is 0 Å². The van der Waals surface area contributed by atoms with Gasteiger partial charge in [0.1, 0.15) is 11.7 Å². The van der Waals surface area contributed by atoms with Crippen LogP contribution in [0.25, 0.3) is 6.08 Å². The first-order valence-electron chi connectivity index (χ1n) is 14.4. The topological polar surface area (TPSA) is 213 Å². The van der Waals surface area contributed by atoms with Crippen LogP contribution in [0.15, 0.2) is 59.0 Å². The third-order valence-corrected chi connectivity index (χ3v) is 9.90. The number of aliphatic carboxylic acids is 1. The van der Waals surface area contributed by atoms with Gasteiger partial charge in [-0.05, 0) is 75.5 Å². The number of anilines is 2. The fourth-order valence-corrected chi connectivity index (χ4v) is 6.68. The summed E-state index contributed by atoms with van der Waals surface area (Å²) in [6.07, 6.45) is 1.36. The molecule has 0 spiro atoms. The lowest BCUT2D eigenvalue weighted by atomic mass is 10.1. The summed E-state index contributed by atoms with van der Waals surface area (Å²) in [6.45, 7) is 5.44. The van der Waals surface area contributed by atoms with Crippen LogP contribution in [0, 0.1) is 4.77 Å². The van der Waals surface area contributed by atoms with Crippen molar-refractivity contribution in [1.29, 1.82) is 0 Å². The number of amides is 1. The van der Waals surface area contributed by atoms with Gasteiger partial charge in [-0.3, -0.25) is 18.8 Å². The summed E-state index contributed by atoms with van der Waals surface area (Å²) in [5.74, 6) is -2.85. The molecule has 1 aliphatic rings. The molecule has 1 aromatic heterocycles. The lowest BCUT2D eigenvalue weighted by molar-refractivity contribution is -0.138. The van der Waals surface area contributed by atoms with Gasteiger partial charge in [0.15, 0.2) is 16.4 Å². The number of rotatable bonds is 13.